The van der Waals surface area contributed by atoms with Gasteiger partial charge < -0.3 is 5.11 Å². The molecule has 2 N–H and O–H groups in total. The van der Waals surface area contributed by atoms with Gasteiger partial charge in [-0.2, -0.15) is 0 Å². The van der Waals surface area contributed by atoms with E-state index in [1.165, 1.54) is 0 Å². The van der Waals surface area contributed by atoms with Gasteiger partial charge in [0.05, 0.1) is 0 Å². The first-order valence-electron chi connectivity index (χ1n) is 2.83. The third-order valence-electron chi connectivity index (χ3n) is 1.39. The minimum absolute atomic E-state index is 0.316. The summed E-state index contributed by atoms with van der Waals surface area (Å²) >= 11 is 0. The minimum Gasteiger partial charge on any atom is -0.480 e. The molecule has 0 aromatic rings. The molecule has 1 rings (SSSR count). The Hall–Kier alpha value is -0.640. The lowest BCUT2D eigenvalue weighted by atomic mass is 10.2. The van der Waals surface area contributed by atoms with Crippen molar-refractivity contribution in [3.05, 3.63) is 0 Å². The largest absolute Gasteiger partial charge is 0.480 e. The van der Waals surface area contributed by atoms with E-state index in [0.717, 1.165) is 0 Å². The van der Waals surface area contributed by atoms with Gasteiger partial charge in [-0.25, -0.2) is 4.39 Å². The van der Waals surface area contributed by atoms with E-state index >= 15 is 0 Å². The first kappa shape index (κ1) is 6.48. The zero-order valence-corrected chi connectivity index (χ0v) is 4.80. The molecule has 0 bridgehead atoms. The number of halogens is 1. The predicted octanol–water partition coefficient (Wildman–Crippen LogP) is 0.119. The second kappa shape index (κ2) is 2.31. The van der Waals surface area contributed by atoms with Crippen molar-refractivity contribution in [1.29, 1.82) is 0 Å². The van der Waals surface area contributed by atoms with Crippen LogP contribution in [0.2, 0.25) is 0 Å². The molecule has 3 nitrogen and oxygen atoms in total. The molecule has 1 fully saturated rings. The third-order valence-corrected chi connectivity index (χ3v) is 1.39. The van der Waals surface area contributed by atoms with Gasteiger partial charge in [0.1, 0.15) is 6.04 Å². The molecule has 0 aromatic carbocycles. The van der Waals surface area contributed by atoms with E-state index in [0.29, 0.717) is 12.8 Å². The second-order valence-electron chi connectivity index (χ2n) is 2.10. The van der Waals surface area contributed by atoms with Gasteiger partial charge in [-0.15, -0.1) is 0 Å². The molecule has 1 heterocycles. The Kier molecular flexibility index (Phi) is 1.66. The van der Waals surface area contributed by atoms with E-state index in [-0.39, 0.29) is 0 Å². The van der Waals surface area contributed by atoms with E-state index < -0.39 is 18.3 Å². The molecule has 0 saturated carbocycles. The molecule has 0 radical (unpaired) electrons. The molecule has 0 amide bonds. The summed E-state index contributed by atoms with van der Waals surface area (Å²) in [6, 6.07) is -0.667. The highest BCUT2D eigenvalue weighted by Gasteiger charge is 2.27. The van der Waals surface area contributed by atoms with Gasteiger partial charge in [0.15, 0.2) is 6.30 Å². The minimum atomic E-state index is -1.12. The normalized spacial score (nSPS) is 34.8. The van der Waals surface area contributed by atoms with Gasteiger partial charge in [-0.05, 0) is 12.8 Å². The van der Waals surface area contributed by atoms with Gasteiger partial charge in [0.25, 0.3) is 0 Å². The second-order valence-corrected chi connectivity index (χ2v) is 2.10. The summed E-state index contributed by atoms with van der Waals surface area (Å²) in [6.07, 6.45) is -0.404. The Morgan fingerprint density at radius 2 is 2.33 bits per heavy atom. The molecule has 0 aromatic heterocycles. The number of carboxylic acid groups (broad SMARTS) is 1. The Morgan fingerprint density at radius 1 is 1.67 bits per heavy atom. The molecule has 0 spiro atoms. The lowest BCUT2D eigenvalue weighted by Gasteiger charge is -2.01. The summed E-state index contributed by atoms with van der Waals surface area (Å²) in [5.74, 6) is -0.963. The molecule has 52 valence electrons. The summed E-state index contributed by atoms with van der Waals surface area (Å²) in [4.78, 5) is 10.1. The van der Waals surface area contributed by atoms with Crippen molar-refractivity contribution in [3.8, 4) is 0 Å². The van der Waals surface area contributed by atoms with Gasteiger partial charge in [-0.1, -0.05) is 0 Å². The summed E-state index contributed by atoms with van der Waals surface area (Å²) in [5.41, 5.74) is 0. The molecule has 2 atom stereocenters. The topological polar surface area (TPSA) is 49.3 Å². The molecule has 1 aliphatic rings. The Bertz CT molecular complexity index is 128. The number of alkyl halides is 1. The number of hydrogen-bond donors (Lipinski definition) is 2. The van der Waals surface area contributed by atoms with Crippen LogP contribution in [0.3, 0.4) is 0 Å². The Balaban J connectivity index is 2.39. The van der Waals surface area contributed by atoms with Crippen molar-refractivity contribution < 1.29 is 14.3 Å². The number of rotatable bonds is 1. The summed E-state index contributed by atoms with van der Waals surface area (Å²) < 4.78 is 12.2. The van der Waals surface area contributed by atoms with Crippen LogP contribution in [0.4, 0.5) is 4.39 Å². The van der Waals surface area contributed by atoms with Crippen molar-refractivity contribution in [1.82, 2.24) is 5.32 Å². The van der Waals surface area contributed by atoms with Crippen molar-refractivity contribution in [2.45, 2.75) is 25.2 Å². The Morgan fingerprint density at radius 3 is 2.56 bits per heavy atom. The fraction of sp³-hybridized carbons (Fsp3) is 0.800. The average molecular weight is 133 g/mol. The molecule has 9 heavy (non-hydrogen) atoms. The number of nitrogens with one attached hydrogen (secondary N) is 1. The maximum Gasteiger partial charge on any atom is 0.320 e. The lowest BCUT2D eigenvalue weighted by Crippen LogP contribution is -2.33. The van der Waals surface area contributed by atoms with E-state index in [9.17, 15) is 9.18 Å². The maximum atomic E-state index is 12.2. The van der Waals surface area contributed by atoms with Crippen LogP contribution in [0.25, 0.3) is 0 Å². The van der Waals surface area contributed by atoms with Crippen molar-refractivity contribution in [2.24, 2.45) is 0 Å². The van der Waals surface area contributed by atoms with Crippen LogP contribution >= 0.6 is 0 Å². The number of carbonyl (C=O) groups is 1. The van der Waals surface area contributed by atoms with Crippen LogP contribution in [-0.4, -0.2) is 23.4 Å². The smallest absolute Gasteiger partial charge is 0.320 e. The highest BCUT2D eigenvalue weighted by molar-refractivity contribution is 5.73. The van der Waals surface area contributed by atoms with Crippen molar-refractivity contribution >= 4 is 5.97 Å². The number of hydrogen-bond acceptors (Lipinski definition) is 2. The summed E-state index contributed by atoms with van der Waals surface area (Å²) in [6.45, 7) is 0. The van der Waals surface area contributed by atoms with E-state index in [1.807, 2.05) is 0 Å². The molecule has 1 saturated heterocycles. The third kappa shape index (κ3) is 1.38. The van der Waals surface area contributed by atoms with Gasteiger partial charge in [0.2, 0.25) is 0 Å². The van der Waals surface area contributed by atoms with Crippen LogP contribution in [0, 0.1) is 0 Å². The van der Waals surface area contributed by atoms with Crippen LogP contribution in [-0.2, 0) is 4.79 Å². The van der Waals surface area contributed by atoms with Gasteiger partial charge in [0, 0.05) is 0 Å². The zero-order chi connectivity index (χ0) is 6.85. The number of carboxylic acids is 1. The summed E-state index contributed by atoms with van der Waals surface area (Å²) in [5, 5.41) is 10.6. The van der Waals surface area contributed by atoms with E-state index in [1.54, 1.807) is 0 Å². The standard InChI is InChI=1S/C5H8FNO2/c6-4-2-1-3(7-4)5(8)9/h3-4,7H,1-2H2,(H,8,9)/t3-,4?/m1/s1. The lowest BCUT2D eigenvalue weighted by molar-refractivity contribution is -0.139. The summed E-state index contributed by atoms with van der Waals surface area (Å²) in [7, 11) is 0. The highest BCUT2D eigenvalue weighted by Crippen LogP contribution is 2.12. The monoisotopic (exact) mass is 133 g/mol. The van der Waals surface area contributed by atoms with Crippen LogP contribution < -0.4 is 5.32 Å². The van der Waals surface area contributed by atoms with E-state index in [4.69, 9.17) is 5.11 Å². The fourth-order valence-corrected chi connectivity index (χ4v) is 0.893. The van der Waals surface area contributed by atoms with Crippen molar-refractivity contribution in [3.63, 3.8) is 0 Å². The molecule has 4 heteroatoms. The van der Waals surface area contributed by atoms with Crippen LogP contribution in [0.15, 0.2) is 0 Å². The molecular formula is C5H8FNO2. The quantitative estimate of drug-likeness (QED) is 0.499. The zero-order valence-electron chi connectivity index (χ0n) is 4.80. The van der Waals surface area contributed by atoms with Crippen LogP contribution in [0.1, 0.15) is 12.8 Å². The van der Waals surface area contributed by atoms with Crippen LogP contribution in [0.5, 0.6) is 0 Å². The highest BCUT2D eigenvalue weighted by atomic mass is 19.1. The molecule has 0 aliphatic carbocycles. The SMILES string of the molecule is O=C(O)[C@H]1CCC(F)N1. The maximum absolute atomic E-state index is 12.2. The van der Waals surface area contributed by atoms with Gasteiger partial charge >= 0.3 is 5.97 Å². The fourth-order valence-electron chi connectivity index (χ4n) is 0.893. The first-order chi connectivity index (χ1) is 4.20. The van der Waals surface area contributed by atoms with Crippen molar-refractivity contribution in [2.75, 3.05) is 0 Å². The number of aliphatic carboxylic acids is 1. The first-order valence-corrected chi connectivity index (χ1v) is 2.83. The Labute approximate surface area is 51.9 Å². The molecule has 1 unspecified atom stereocenters. The molecular weight excluding hydrogens is 125 g/mol. The van der Waals surface area contributed by atoms with Gasteiger partial charge in [-0.3, -0.25) is 10.1 Å². The van der Waals surface area contributed by atoms with E-state index in [2.05, 4.69) is 5.32 Å². The average Bonchev–Trinajstić information content (AvgIpc) is 2.14. The predicted molar refractivity (Wildman–Crippen MR) is 28.7 cm³/mol. The molecule has 1 aliphatic heterocycles.